The molecule has 0 aliphatic carbocycles. The van der Waals surface area contributed by atoms with Crippen molar-refractivity contribution in [2.75, 3.05) is 18.0 Å². The summed E-state index contributed by atoms with van der Waals surface area (Å²) in [5.41, 5.74) is 9.16. The molecule has 0 radical (unpaired) electrons. The number of aryl methyl sites for hydroxylation is 1. The molecule has 2 N–H and O–H groups in total. The van der Waals surface area contributed by atoms with Gasteiger partial charge in [-0.15, -0.1) is 0 Å². The molecular formula is C15H22N2S. The van der Waals surface area contributed by atoms with Crippen molar-refractivity contribution in [3.8, 4) is 0 Å². The fourth-order valence-electron chi connectivity index (χ4n) is 2.62. The van der Waals surface area contributed by atoms with Crippen LogP contribution in [-0.2, 0) is 0 Å². The van der Waals surface area contributed by atoms with E-state index < -0.39 is 0 Å². The Balaban J connectivity index is 2.19. The SMILES string of the molecule is Cc1cc(N2CCC(C)C(C)C2)ccc1C(N)=S. The predicted octanol–water partition coefficient (Wildman–Crippen LogP) is 3.11. The fraction of sp³-hybridized carbons (Fsp3) is 0.533. The third-order valence-corrected chi connectivity index (χ3v) is 4.39. The maximum absolute atomic E-state index is 5.70. The molecular weight excluding hydrogens is 240 g/mol. The van der Waals surface area contributed by atoms with Gasteiger partial charge >= 0.3 is 0 Å². The third-order valence-electron chi connectivity index (χ3n) is 4.17. The highest BCUT2D eigenvalue weighted by molar-refractivity contribution is 7.80. The highest BCUT2D eigenvalue weighted by Gasteiger charge is 2.22. The monoisotopic (exact) mass is 262 g/mol. The van der Waals surface area contributed by atoms with Crippen LogP contribution in [0.3, 0.4) is 0 Å². The summed E-state index contributed by atoms with van der Waals surface area (Å²) >= 11 is 5.05. The van der Waals surface area contributed by atoms with Gasteiger partial charge < -0.3 is 10.6 Å². The molecule has 0 bridgehead atoms. The van der Waals surface area contributed by atoms with Crippen LogP contribution in [0.2, 0.25) is 0 Å². The van der Waals surface area contributed by atoms with E-state index >= 15 is 0 Å². The van der Waals surface area contributed by atoms with Crippen LogP contribution in [0.25, 0.3) is 0 Å². The van der Waals surface area contributed by atoms with Crippen LogP contribution in [0, 0.1) is 18.8 Å². The Bertz CT molecular complexity index is 456. The van der Waals surface area contributed by atoms with Gasteiger partial charge in [-0.3, -0.25) is 0 Å². The Morgan fingerprint density at radius 3 is 2.61 bits per heavy atom. The van der Waals surface area contributed by atoms with E-state index in [1.54, 1.807) is 0 Å². The van der Waals surface area contributed by atoms with Gasteiger partial charge in [0.05, 0.1) is 0 Å². The second-order valence-corrected chi connectivity index (χ2v) is 5.99. The summed E-state index contributed by atoms with van der Waals surface area (Å²) in [4.78, 5) is 2.96. The van der Waals surface area contributed by atoms with Gasteiger partial charge in [0, 0.05) is 24.3 Å². The van der Waals surface area contributed by atoms with Gasteiger partial charge in [-0.05, 0) is 48.9 Å². The van der Waals surface area contributed by atoms with Crippen molar-refractivity contribution >= 4 is 22.9 Å². The van der Waals surface area contributed by atoms with Crippen LogP contribution in [0.1, 0.15) is 31.4 Å². The number of nitrogens with zero attached hydrogens (tertiary/aromatic N) is 1. The van der Waals surface area contributed by atoms with E-state index in [4.69, 9.17) is 18.0 Å². The number of piperidine rings is 1. The van der Waals surface area contributed by atoms with Crippen molar-refractivity contribution in [2.24, 2.45) is 17.6 Å². The molecule has 1 aromatic rings. The van der Waals surface area contributed by atoms with Gasteiger partial charge in [0.15, 0.2) is 0 Å². The Labute approximate surface area is 115 Å². The number of nitrogens with two attached hydrogens (primary N) is 1. The minimum Gasteiger partial charge on any atom is -0.389 e. The first-order chi connectivity index (χ1) is 8.49. The van der Waals surface area contributed by atoms with Crippen molar-refractivity contribution in [3.63, 3.8) is 0 Å². The first-order valence-corrected chi connectivity index (χ1v) is 7.05. The van der Waals surface area contributed by atoms with Crippen molar-refractivity contribution < 1.29 is 0 Å². The van der Waals surface area contributed by atoms with Crippen LogP contribution in [0.15, 0.2) is 18.2 Å². The summed E-state index contributed by atoms with van der Waals surface area (Å²) in [6.07, 6.45) is 1.28. The Hall–Kier alpha value is -1.09. The number of hydrogen-bond donors (Lipinski definition) is 1. The van der Waals surface area contributed by atoms with Gasteiger partial charge in [0.1, 0.15) is 4.99 Å². The minimum absolute atomic E-state index is 0.486. The summed E-state index contributed by atoms with van der Waals surface area (Å²) in [5, 5.41) is 0. The molecule has 2 rings (SSSR count). The minimum atomic E-state index is 0.486. The van der Waals surface area contributed by atoms with E-state index in [0.29, 0.717) is 4.99 Å². The lowest BCUT2D eigenvalue weighted by Crippen LogP contribution is -2.38. The molecule has 1 saturated heterocycles. The van der Waals surface area contributed by atoms with Gasteiger partial charge in [0.25, 0.3) is 0 Å². The van der Waals surface area contributed by atoms with E-state index in [1.807, 2.05) is 0 Å². The van der Waals surface area contributed by atoms with Crippen molar-refractivity contribution in [2.45, 2.75) is 27.2 Å². The molecule has 0 spiro atoms. The average molecular weight is 262 g/mol. The molecule has 1 aliphatic rings. The smallest absolute Gasteiger partial charge is 0.104 e. The highest BCUT2D eigenvalue weighted by Crippen LogP contribution is 2.28. The molecule has 98 valence electrons. The average Bonchev–Trinajstić information content (AvgIpc) is 2.32. The first-order valence-electron chi connectivity index (χ1n) is 6.64. The maximum atomic E-state index is 5.70. The molecule has 2 atom stereocenters. The van der Waals surface area contributed by atoms with Gasteiger partial charge in [-0.25, -0.2) is 0 Å². The molecule has 3 heteroatoms. The molecule has 1 aromatic carbocycles. The van der Waals surface area contributed by atoms with Crippen LogP contribution in [0.5, 0.6) is 0 Å². The summed E-state index contributed by atoms with van der Waals surface area (Å²) in [7, 11) is 0. The summed E-state index contributed by atoms with van der Waals surface area (Å²) in [6, 6.07) is 6.40. The molecule has 2 nitrogen and oxygen atoms in total. The summed E-state index contributed by atoms with van der Waals surface area (Å²) in [5.74, 6) is 1.59. The van der Waals surface area contributed by atoms with E-state index in [-0.39, 0.29) is 0 Å². The molecule has 1 fully saturated rings. The molecule has 1 aliphatic heterocycles. The summed E-state index contributed by atoms with van der Waals surface area (Å²) < 4.78 is 0. The molecule has 0 aromatic heterocycles. The van der Waals surface area contributed by atoms with Crippen molar-refractivity contribution in [1.29, 1.82) is 0 Å². The zero-order chi connectivity index (χ0) is 13.3. The van der Waals surface area contributed by atoms with Crippen molar-refractivity contribution in [1.82, 2.24) is 0 Å². The van der Waals surface area contributed by atoms with E-state index in [1.165, 1.54) is 17.7 Å². The molecule has 0 amide bonds. The van der Waals surface area contributed by atoms with Crippen LogP contribution < -0.4 is 10.6 Å². The van der Waals surface area contributed by atoms with Gasteiger partial charge in [-0.1, -0.05) is 26.1 Å². The standard InChI is InChI=1S/C15H22N2S/c1-10-6-7-17(9-12(10)3)13-4-5-14(15(16)18)11(2)8-13/h4-5,8,10,12H,6-7,9H2,1-3H3,(H2,16,18). The fourth-order valence-corrected chi connectivity index (χ4v) is 2.85. The van der Waals surface area contributed by atoms with E-state index in [9.17, 15) is 0 Å². The van der Waals surface area contributed by atoms with Crippen molar-refractivity contribution in [3.05, 3.63) is 29.3 Å². The Morgan fingerprint density at radius 1 is 1.33 bits per heavy atom. The van der Waals surface area contributed by atoms with Crippen LogP contribution in [0.4, 0.5) is 5.69 Å². The highest BCUT2D eigenvalue weighted by atomic mass is 32.1. The lowest BCUT2D eigenvalue weighted by Gasteiger charge is -2.37. The molecule has 18 heavy (non-hydrogen) atoms. The van der Waals surface area contributed by atoms with Crippen LogP contribution >= 0.6 is 12.2 Å². The second kappa shape index (κ2) is 5.27. The predicted molar refractivity (Wildman–Crippen MR) is 82.2 cm³/mol. The first kappa shape index (κ1) is 13.3. The quantitative estimate of drug-likeness (QED) is 0.830. The summed E-state index contributed by atoms with van der Waals surface area (Å²) in [6.45, 7) is 9.06. The lowest BCUT2D eigenvalue weighted by molar-refractivity contribution is 0.324. The second-order valence-electron chi connectivity index (χ2n) is 5.55. The number of thiocarbonyl (C=S) groups is 1. The maximum Gasteiger partial charge on any atom is 0.104 e. The normalized spacial score (nSPS) is 24.1. The third kappa shape index (κ3) is 2.66. The number of rotatable bonds is 2. The van der Waals surface area contributed by atoms with E-state index in [0.717, 1.165) is 30.5 Å². The zero-order valence-electron chi connectivity index (χ0n) is 11.4. The molecule has 1 heterocycles. The lowest BCUT2D eigenvalue weighted by atomic mass is 9.88. The largest absolute Gasteiger partial charge is 0.389 e. The Kier molecular flexibility index (Phi) is 3.91. The van der Waals surface area contributed by atoms with E-state index in [2.05, 4.69) is 43.9 Å². The van der Waals surface area contributed by atoms with Crippen LogP contribution in [-0.4, -0.2) is 18.1 Å². The molecule has 2 unspecified atom stereocenters. The topological polar surface area (TPSA) is 29.3 Å². The Morgan fingerprint density at radius 2 is 2.06 bits per heavy atom. The number of anilines is 1. The number of hydrogen-bond acceptors (Lipinski definition) is 2. The molecule has 0 saturated carbocycles. The zero-order valence-corrected chi connectivity index (χ0v) is 12.3. The number of benzene rings is 1. The van der Waals surface area contributed by atoms with Gasteiger partial charge in [0.2, 0.25) is 0 Å². The van der Waals surface area contributed by atoms with Gasteiger partial charge in [-0.2, -0.15) is 0 Å².